The number of nitrogens with zero attached hydrogens (tertiary/aromatic N) is 1. The van der Waals surface area contributed by atoms with E-state index in [1.165, 1.54) is 55.6 Å². The molecule has 0 saturated heterocycles. The molecule has 200 valence electrons. The Hall–Kier alpha value is -4.09. The van der Waals surface area contributed by atoms with Crippen LogP contribution in [0.1, 0.15) is 26.3 Å². The molecule has 0 fully saturated rings. The van der Waals surface area contributed by atoms with Gasteiger partial charge in [0, 0.05) is 10.7 Å². The number of esters is 2. The first-order chi connectivity index (χ1) is 18.0. The molecule has 0 heterocycles. The SMILES string of the molecule is COC(=O)c1cc(NC(=O)CN(c2cc(Cl)ccc2OC)S(=O)(=O)c2ccc(C)cc2)cc(C(=O)OC)c1. The van der Waals surface area contributed by atoms with Crippen LogP contribution in [0.4, 0.5) is 11.4 Å². The van der Waals surface area contributed by atoms with Crippen LogP contribution in [0.2, 0.25) is 5.02 Å². The largest absolute Gasteiger partial charge is 0.495 e. The van der Waals surface area contributed by atoms with Gasteiger partial charge in [-0.1, -0.05) is 29.3 Å². The summed E-state index contributed by atoms with van der Waals surface area (Å²) in [4.78, 5) is 37.3. The zero-order chi connectivity index (χ0) is 28.0. The Kier molecular flexibility index (Phi) is 8.97. The molecule has 0 aliphatic carbocycles. The second-order valence-corrected chi connectivity index (χ2v) is 10.3. The van der Waals surface area contributed by atoms with Crippen molar-refractivity contribution in [2.45, 2.75) is 11.8 Å². The van der Waals surface area contributed by atoms with Gasteiger partial charge in [0.2, 0.25) is 5.91 Å². The number of carbonyl (C=O) groups excluding carboxylic acids is 3. The monoisotopic (exact) mass is 560 g/mol. The number of benzene rings is 3. The molecule has 12 heteroatoms. The fourth-order valence-corrected chi connectivity index (χ4v) is 5.09. The number of hydrogen-bond donors (Lipinski definition) is 1. The average molecular weight is 561 g/mol. The highest BCUT2D eigenvalue weighted by Gasteiger charge is 2.30. The molecule has 0 aliphatic heterocycles. The number of rotatable bonds is 9. The predicted octanol–water partition coefficient (Wildman–Crippen LogP) is 4.06. The van der Waals surface area contributed by atoms with Gasteiger partial charge in [0.1, 0.15) is 12.3 Å². The predicted molar refractivity (Wildman–Crippen MR) is 141 cm³/mol. The minimum Gasteiger partial charge on any atom is -0.495 e. The van der Waals surface area contributed by atoms with Crippen molar-refractivity contribution in [3.05, 3.63) is 82.4 Å². The standard InChI is InChI=1S/C26H25ClN2O8S/c1-16-5-8-21(9-6-16)38(33,34)29(22-14-19(27)7-10-23(22)35-2)15-24(30)28-20-12-17(25(31)36-3)11-18(13-20)26(32)37-4/h5-14H,15H2,1-4H3,(H,28,30). The maximum absolute atomic E-state index is 13.7. The van der Waals surface area contributed by atoms with Gasteiger partial charge in [0.05, 0.1) is 43.0 Å². The number of sulfonamides is 1. The number of hydrogen-bond acceptors (Lipinski definition) is 8. The van der Waals surface area contributed by atoms with Gasteiger partial charge >= 0.3 is 11.9 Å². The summed E-state index contributed by atoms with van der Waals surface area (Å²) in [5, 5.41) is 2.75. The second kappa shape index (κ2) is 12.0. The summed E-state index contributed by atoms with van der Waals surface area (Å²) in [7, 11) is -0.587. The quantitative estimate of drug-likeness (QED) is 0.388. The Morgan fingerprint density at radius 2 is 1.45 bits per heavy atom. The third-order valence-electron chi connectivity index (χ3n) is 5.36. The summed E-state index contributed by atoms with van der Waals surface area (Å²) in [6.07, 6.45) is 0. The zero-order valence-corrected chi connectivity index (χ0v) is 22.6. The van der Waals surface area contributed by atoms with Crippen molar-refractivity contribution in [3.63, 3.8) is 0 Å². The first kappa shape index (κ1) is 28.5. The summed E-state index contributed by atoms with van der Waals surface area (Å²) in [6.45, 7) is 1.12. The van der Waals surface area contributed by atoms with Gasteiger partial charge in [0.15, 0.2) is 0 Å². The van der Waals surface area contributed by atoms with Crippen molar-refractivity contribution >= 4 is 50.8 Å². The molecule has 3 rings (SSSR count). The van der Waals surface area contributed by atoms with E-state index in [0.717, 1.165) is 24.1 Å². The maximum atomic E-state index is 13.7. The van der Waals surface area contributed by atoms with Crippen LogP contribution in [-0.2, 0) is 24.3 Å². The fraction of sp³-hybridized carbons (Fsp3) is 0.192. The van der Waals surface area contributed by atoms with Gasteiger partial charge in [-0.3, -0.25) is 9.10 Å². The molecule has 0 aromatic heterocycles. The van der Waals surface area contributed by atoms with Gasteiger partial charge in [-0.05, 0) is 55.5 Å². The van der Waals surface area contributed by atoms with E-state index in [-0.39, 0.29) is 38.2 Å². The number of methoxy groups -OCH3 is 3. The molecule has 0 unspecified atom stereocenters. The van der Waals surface area contributed by atoms with Crippen molar-refractivity contribution < 1.29 is 37.0 Å². The molecule has 10 nitrogen and oxygen atoms in total. The van der Waals surface area contributed by atoms with Crippen LogP contribution in [-0.4, -0.2) is 54.1 Å². The van der Waals surface area contributed by atoms with E-state index in [2.05, 4.69) is 5.32 Å². The van der Waals surface area contributed by atoms with Gasteiger partial charge < -0.3 is 19.5 Å². The third-order valence-corrected chi connectivity index (χ3v) is 7.37. The lowest BCUT2D eigenvalue weighted by Crippen LogP contribution is -2.38. The van der Waals surface area contributed by atoms with E-state index in [0.29, 0.717) is 0 Å². The molecule has 0 atom stereocenters. The number of nitrogens with one attached hydrogen (secondary N) is 1. The fourth-order valence-electron chi connectivity index (χ4n) is 3.50. The highest BCUT2D eigenvalue weighted by Crippen LogP contribution is 2.35. The second-order valence-electron chi connectivity index (χ2n) is 7.97. The number of carbonyl (C=O) groups is 3. The van der Waals surface area contributed by atoms with Crippen molar-refractivity contribution in [2.75, 3.05) is 37.5 Å². The molecular weight excluding hydrogens is 536 g/mol. The van der Waals surface area contributed by atoms with Gasteiger partial charge in [-0.25, -0.2) is 18.0 Å². The van der Waals surface area contributed by atoms with Crippen LogP contribution in [0.3, 0.4) is 0 Å². The Bertz CT molecular complexity index is 1440. The lowest BCUT2D eigenvalue weighted by molar-refractivity contribution is -0.114. The zero-order valence-electron chi connectivity index (χ0n) is 21.0. The lowest BCUT2D eigenvalue weighted by Gasteiger charge is -2.26. The Morgan fingerprint density at radius 3 is 1.97 bits per heavy atom. The topological polar surface area (TPSA) is 128 Å². The lowest BCUT2D eigenvalue weighted by atomic mass is 10.1. The third kappa shape index (κ3) is 6.42. The van der Waals surface area contributed by atoms with Gasteiger partial charge in [-0.15, -0.1) is 0 Å². The van der Waals surface area contributed by atoms with Crippen LogP contribution in [0.15, 0.2) is 65.6 Å². The van der Waals surface area contributed by atoms with E-state index < -0.39 is 34.4 Å². The van der Waals surface area contributed by atoms with Crippen LogP contribution in [0.5, 0.6) is 5.75 Å². The Balaban J connectivity index is 2.05. The smallest absolute Gasteiger partial charge is 0.337 e. The number of aryl methyl sites for hydroxylation is 1. The van der Waals surface area contributed by atoms with Gasteiger partial charge in [0.25, 0.3) is 10.0 Å². The number of anilines is 2. The summed E-state index contributed by atoms with van der Waals surface area (Å²) >= 11 is 6.16. The summed E-state index contributed by atoms with van der Waals surface area (Å²) in [5.41, 5.74) is 0.886. The molecule has 38 heavy (non-hydrogen) atoms. The molecule has 3 aromatic rings. The first-order valence-corrected chi connectivity index (χ1v) is 12.9. The maximum Gasteiger partial charge on any atom is 0.337 e. The van der Waals surface area contributed by atoms with Crippen molar-refractivity contribution in [2.24, 2.45) is 0 Å². The average Bonchev–Trinajstić information content (AvgIpc) is 2.90. The molecule has 0 spiro atoms. The van der Waals surface area contributed by atoms with Crippen LogP contribution in [0.25, 0.3) is 0 Å². The molecular formula is C26H25ClN2O8S. The number of ether oxygens (including phenoxy) is 3. The van der Waals surface area contributed by atoms with E-state index in [9.17, 15) is 22.8 Å². The molecule has 1 amide bonds. The van der Waals surface area contributed by atoms with Crippen molar-refractivity contribution in [1.82, 2.24) is 0 Å². The Morgan fingerprint density at radius 1 is 0.868 bits per heavy atom. The van der Waals surface area contributed by atoms with Crippen molar-refractivity contribution in [3.8, 4) is 5.75 Å². The number of amides is 1. The van der Waals surface area contributed by atoms with Crippen LogP contribution >= 0.6 is 11.6 Å². The molecule has 1 N–H and O–H groups in total. The summed E-state index contributed by atoms with van der Waals surface area (Å²) < 4.78 is 43.0. The van der Waals surface area contributed by atoms with Crippen LogP contribution < -0.4 is 14.4 Å². The molecule has 0 bridgehead atoms. The summed E-state index contributed by atoms with van der Waals surface area (Å²) in [5.74, 6) is -2.11. The minimum atomic E-state index is -4.27. The van der Waals surface area contributed by atoms with Gasteiger partial charge in [-0.2, -0.15) is 0 Å². The van der Waals surface area contributed by atoms with Crippen LogP contribution in [0, 0.1) is 6.92 Å². The molecule has 3 aromatic carbocycles. The highest BCUT2D eigenvalue weighted by molar-refractivity contribution is 7.92. The first-order valence-electron chi connectivity index (χ1n) is 11.0. The minimum absolute atomic E-state index is 0.0219. The van der Waals surface area contributed by atoms with E-state index in [1.807, 2.05) is 6.92 Å². The molecule has 0 aliphatic rings. The Labute approximate surface area is 225 Å². The normalized spacial score (nSPS) is 10.9. The van der Waals surface area contributed by atoms with E-state index in [1.54, 1.807) is 12.1 Å². The van der Waals surface area contributed by atoms with E-state index in [4.69, 9.17) is 25.8 Å². The van der Waals surface area contributed by atoms with Crippen molar-refractivity contribution in [1.29, 1.82) is 0 Å². The molecule has 0 radical (unpaired) electrons. The molecule has 0 saturated carbocycles. The highest BCUT2D eigenvalue weighted by atomic mass is 35.5. The summed E-state index contributed by atoms with van der Waals surface area (Å²) in [6, 6.07) is 14.3. The van der Waals surface area contributed by atoms with E-state index >= 15 is 0 Å². The number of halogens is 1.